The van der Waals surface area contributed by atoms with Gasteiger partial charge in [-0.3, -0.25) is 0 Å². The van der Waals surface area contributed by atoms with Crippen LogP contribution in [0.1, 0.15) is 43.6 Å². The van der Waals surface area contributed by atoms with E-state index >= 15 is 0 Å². The van der Waals surface area contributed by atoms with Crippen molar-refractivity contribution >= 4 is 0 Å². The van der Waals surface area contributed by atoms with Crippen molar-refractivity contribution in [2.45, 2.75) is 45.1 Å². The highest BCUT2D eigenvalue weighted by Gasteiger charge is 2.48. The number of hydrogen-bond donors (Lipinski definition) is 1. The Morgan fingerprint density at radius 2 is 1.79 bits per heavy atom. The van der Waals surface area contributed by atoms with E-state index in [2.05, 4.69) is 17.8 Å². The van der Waals surface area contributed by atoms with E-state index in [-0.39, 0.29) is 0 Å². The number of imidazole rings is 1. The summed E-state index contributed by atoms with van der Waals surface area (Å²) >= 11 is 0. The maximum atomic E-state index is 5.71. The number of aryl methyl sites for hydroxylation is 1. The Kier molecular flexibility index (Phi) is 2.73. The topological polar surface area (TPSA) is 43.8 Å². The van der Waals surface area contributed by atoms with Gasteiger partial charge >= 0.3 is 0 Å². The Hall–Kier alpha value is -0.830. The minimum atomic E-state index is 0.565. The number of nitrogens with two attached hydrogens (primary N) is 1. The highest BCUT2D eigenvalue weighted by Crippen LogP contribution is 2.57. The molecule has 5 rings (SSSR count). The normalized spacial score (nSPS) is 40.0. The first-order valence-corrected chi connectivity index (χ1v) is 7.94. The lowest BCUT2D eigenvalue weighted by Gasteiger charge is -2.54. The molecule has 3 nitrogen and oxygen atoms in total. The van der Waals surface area contributed by atoms with Gasteiger partial charge in [-0.1, -0.05) is 0 Å². The Balaban J connectivity index is 1.55. The van der Waals surface area contributed by atoms with E-state index in [9.17, 15) is 0 Å². The third-order valence-corrected chi connectivity index (χ3v) is 6.07. The maximum absolute atomic E-state index is 5.71. The summed E-state index contributed by atoms with van der Waals surface area (Å²) < 4.78 is 2.20. The average Bonchev–Trinajstić information content (AvgIpc) is 2.74. The SMILES string of the molecule is Cn1cc(CN)nc1CC1C2CC3CC(C2)CC1C3. The van der Waals surface area contributed by atoms with E-state index in [0.29, 0.717) is 6.54 Å². The van der Waals surface area contributed by atoms with Crippen molar-refractivity contribution < 1.29 is 0 Å². The van der Waals surface area contributed by atoms with E-state index in [1.54, 1.807) is 6.42 Å². The van der Waals surface area contributed by atoms with Crippen molar-refractivity contribution in [3.05, 3.63) is 17.7 Å². The van der Waals surface area contributed by atoms with E-state index in [0.717, 1.165) is 35.3 Å². The second kappa shape index (κ2) is 4.34. The van der Waals surface area contributed by atoms with Crippen molar-refractivity contribution in [2.75, 3.05) is 0 Å². The Morgan fingerprint density at radius 3 is 2.32 bits per heavy atom. The van der Waals surface area contributed by atoms with Gasteiger partial charge in [0.15, 0.2) is 0 Å². The zero-order valence-electron chi connectivity index (χ0n) is 11.9. The molecular weight excluding hydrogens is 234 g/mol. The molecule has 0 saturated heterocycles. The maximum Gasteiger partial charge on any atom is 0.109 e. The Morgan fingerprint density at radius 1 is 1.16 bits per heavy atom. The van der Waals surface area contributed by atoms with Crippen LogP contribution in [-0.4, -0.2) is 9.55 Å². The summed E-state index contributed by atoms with van der Waals surface area (Å²) in [6.45, 7) is 0.565. The molecule has 0 spiro atoms. The van der Waals surface area contributed by atoms with Crippen LogP contribution in [0, 0.1) is 29.6 Å². The van der Waals surface area contributed by atoms with Gasteiger partial charge in [0.25, 0.3) is 0 Å². The zero-order valence-corrected chi connectivity index (χ0v) is 11.9. The van der Waals surface area contributed by atoms with Crippen molar-refractivity contribution in [1.29, 1.82) is 0 Å². The Labute approximate surface area is 115 Å². The van der Waals surface area contributed by atoms with Gasteiger partial charge in [-0.05, 0) is 61.7 Å². The largest absolute Gasteiger partial charge is 0.338 e. The van der Waals surface area contributed by atoms with Gasteiger partial charge in [0.1, 0.15) is 5.82 Å². The molecule has 4 aliphatic rings. The summed E-state index contributed by atoms with van der Waals surface area (Å²) in [7, 11) is 2.12. The zero-order chi connectivity index (χ0) is 13.0. The van der Waals surface area contributed by atoms with Crippen LogP contribution in [0.25, 0.3) is 0 Å². The van der Waals surface area contributed by atoms with Crippen molar-refractivity contribution in [1.82, 2.24) is 9.55 Å². The molecule has 19 heavy (non-hydrogen) atoms. The minimum Gasteiger partial charge on any atom is -0.338 e. The summed E-state index contributed by atoms with van der Waals surface area (Å²) in [6.07, 6.45) is 10.9. The molecular formula is C16H25N3. The molecule has 0 atom stereocenters. The molecule has 0 aliphatic heterocycles. The second-order valence-corrected chi connectivity index (χ2v) is 7.26. The molecule has 1 aromatic heterocycles. The van der Waals surface area contributed by atoms with Gasteiger partial charge in [-0.25, -0.2) is 4.98 Å². The first kappa shape index (κ1) is 12.0. The van der Waals surface area contributed by atoms with Gasteiger partial charge in [0, 0.05) is 26.2 Å². The van der Waals surface area contributed by atoms with Crippen LogP contribution in [0.3, 0.4) is 0 Å². The molecule has 0 radical (unpaired) electrons. The van der Waals surface area contributed by atoms with Crippen LogP contribution < -0.4 is 5.73 Å². The first-order chi connectivity index (χ1) is 9.22. The van der Waals surface area contributed by atoms with Crippen molar-refractivity contribution in [3.8, 4) is 0 Å². The molecule has 1 aromatic rings. The van der Waals surface area contributed by atoms with E-state index < -0.39 is 0 Å². The molecule has 0 amide bonds. The summed E-state index contributed by atoms with van der Waals surface area (Å²) in [5, 5.41) is 0. The van der Waals surface area contributed by atoms with Crippen molar-refractivity contribution in [3.63, 3.8) is 0 Å². The van der Waals surface area contributed by atoms with Gasteiger partial charge in [0.05, 0.1) is 5.69 Å². The fourth-order valence-electron chi connectivity index (χ4n) is 5.44. The molecule has 1 heterocycles. The van der Waals surface area contributed by atoms with E-state index in [1.165, 1.54) is 37.9 Å². The lowest BCUT2D eigenvalue weighted by Crippen LogP contribution is -2.46. The predicted octanol–water partition coefficient (Wildman–Crippen LogP) is 2.49. The highest BCUT2D eigenvalue weighted by molar-refractivity contribution is 5.07. The first-order valence-electron chi connectivity index (χ1n) is 7.94. The minimum absolute atomic E-state index is 0.565. The van der Waals surface area contributed by atoms with Gasteiger partial charge in [-0.15, -0.1) is 0 Å². The Bertz CT molecular complexity index is 448. The number of rotatable bonds is 3. The summed E-state index contributed by atoms with van der Waals surface area (Å²) in [5.41, 5.74) is 6.75. The molecule has 0 aromatic carbocycles. The lowest BCUT2D eigenvalue weighted by atomic mass is 9.51. The van der Waals surface area contributed by atoms with Crippen LogP contribution in [-0.2, 0) is 20.0 Å². The van der Waals surface area contributed by atoms with Crippen LogP contribution in [0.15, 0.2) is 6.20 Å². The van der Waals surface area contributed by atoms with Crippen LogP contribution in [0.5, 0.6) is 0 Å². The van der Waals surface area contributed by atoms with Crippen molar-refractivity contribution in [2.24, 2.45) is 42.4 Å². The fourth-order valence-corrected chi connectivity index (χ4v) is 5.44. The number of aromatic nitrogens is 2. The molecule has 104 valence electrons. The average molecular weight is 259 g/mol. The smallest absolute Gasteiger partial charge is 0.109 e. The van der Waals surface area contributed by atoms with Crippen LogP contribution in [0.2, 0.25) is 0 Å². The quantitative estimate of drug-likeness (QED) is 0.906. The van der Waals surface area contributed by atoms with Crippen LogP contribution in [0.4, 0.5) is 0 Å². The van der Waals surface area contributed by atoms with Gasteiger partial charge in [-0.2, -0.15) is 0 Å². The molecule has 4 saturated carbocycles. The fraction of sp³-hybridized carbons (Fsp3) is 0.812. The third-order valence-electron chi connectivity index (χ3n) is 6.07. The second-order valence-electron chi connectivity index (χ2n) is 7.26. The van der Waals surface area contributed by atoms with E-state index in [1.807, 2.05) is 0 Å². The lowest BCUT2D eigenvalue weighted by molar-refractivity contribution is -0.0369. The molecule has 4 fully saturated rings. The molecule has 0 unspecified atom stereocenters. The van der Waals surface area contributed by atoms with Gasteiger partial charge in [0.2, 0.25) is 0 Å². The number of nitrogens with zero attached hydrogens (tertiary/aromatic N) is 2. The van der Waals surface area contributed by atoms with Crippen LogP contribution >= 0.6 is 0 Å². The molecule has 3 heteroatoms. The third kappa shape index (κ3) is 1.94. The summed E-state index contributed by atoms with van der Waals surface area (Å²) in [5.74, 6) is 6.29. The summed E-state index contributed by atoms with van der Waals surface area (Å²) in [6, 6.07) is 0. The van der Waals surface area contributed by atoms with Gasteiger partial charge < -0.3 is 10.3 Å². The summed E-state index contributed by atoms with van der Waals surface area (Å²) in [4.78, 5) is 4.72. The highest BCUT2D eigenvalue weighted by atomic mass is 15.1. The number of hydrogen-bond acceptors (Lipinski definition) is 2. The monoisotopic (exact) mass is 259 g/mol. The molecule has 4 aliphatic carbocycles. The molecule has 2 N–H and O–H groups in total. The standard InChI is InChI=1S/C16H25N3/c1-19-9-14(8-17)18-16(19)7-15-12-3-10-2-11(5-12)6-13(15)4-10/h9-13,15H,2-8,17H2,1H3. The predicted molar refractivity (Wildman–Crippen MR) is 75.3 cm³/mol. The van der Waals surface area contributed by atoms with E-state index in [4.69, 9.17) is 10.7 Å². The molecule has 4 bridgehead atoms.